The van der Waals surface area contributed by atoms with Crippen molar-refractivity contribution >= 4 is 0 Å². The fourth-order valence-corrected chi connectivity index (χ4v) is 1.54. The maximum absolute atomic E-state index is 11.8. The zero-order valence-electron chi connectivity index (χ0n) is 10.6. The minimum Gasteiger partial charge on any atom is -0.371 e. The molecule has 0 unspecified atom stereocenters. The van der Waals surface area contributed by atoms with Crippen LogP contribution >= 0.6 is 0 Å². The van der Waals surface area contributed by atoms with Crippen LogP contribution in [0.2, 0.25) is 0 Å². The number of alkyl halides is 3. The highest BCUT2D eigenvalue weighted by molar-refractivity contribution is 5.32. The van der Waals surface area contributed by atoms with Crippen LogP contribution in [0.25, 0.3) is 0 Å². The molecule has 1 rings (SSSR count). The maximum Gasteiger partial charge on any atom is 0.411 e. The third-order valence-electron chi connectivity index (χ3n) is 2.39. The number of nitrogens with zero attached hydrogens (tertiary/aromatic N) is 2. The molecular weight excluding hydrogens is 257 g/mol. The smallest absolute Gasteiger partial charge is 0.371 e. The van der Waals surface area contributed by atoms with E-state index in [-0.39, 0.29) is 6.61 Å². The van der Waals surface area contributed by atoms with Crippen LogP contribution < -0.4 is 0 Å². The Kier molecular flexibility index (Phi) is 5.80. The van der Waals surface area contributed by atoms with E-state index >= 15 is 0 Å². The summed E-state index contributed by atoms with van der Waals surface area (Å²) in [6.07, 6.45) is -4.28. The molecule has 0 atom stereocenters. The first kappa shape index (κ1) is 15.5. The van der Waals surface area contributed by atoms with Crippen LogP contribution in [0.15, 0.2) is 24.3 Å². The molecule has 0 N–H and O–H groups in total. The SMILES string of the molecule is CN(CCOCC(F)(F)F)Cc1cccc(C#N)c1. The topological polar surface area (TPSA) is 36.3 Å². The van der Waals surface area contributed by atoms with E-state index in [1.54, 1.807) is 25.2 Å². The van der Waals surface area contributed by atoms with E-state index in [1.807, 2.05) is 17.0 Å². The highest BCUT2D eigenvalue weighted by atomic mass is 19.4. The number of halogens is 3. The lowest BCUT2D eigenvalue weighted by Crippen LogP contribution is -2.25. The second kappa shape index (κ2) is 7.12. The number of rotatable bonds is 6. The summed E-state index contributed by atoms with van der Waals surface area (Å²) in [5.41, 5.74) is 1.51. The third kappa shape index (κ3) is 6.79. The number of hydrogen-bond donors (Lipinski definition) is 0. The number of nitriles is 1. The summed E-state index contributed by atoms with van der Waals surface area (Å²) >= 11 is 0. The van der Waals surface area contributed by atoms with Gasteiger partial charge in [0.05, 0.1) is 18.2 Å². The zero-order valence-corrected chi connectivity index (χ0v) is 10.6. The van der Waals surface area contributed by atoms with Gasteiger partial charge in [-0.05, 0) is 24.7 Å². The molecule has 0 aromatic heterocycles. The van der Waals surface area contributed by atoms with Crippen LogP contribution in [0, 0.1) is 11.3 Å². The van der Waals surface area contributed by atoms with E-state index in [4.69, 9.17) is 5.26 Å². The molecule has 0 spiro atoms. The standard InChI is InChI=1S/C13H15F3N2O/c1-18(5-6-19-10-13(14,15)16)9-12-4-2-3-11(7-12)8-17/h2-4,7H,5-6,9-10H2,1H3. The van der Waals surface area contributed by atoms with Crippen molar-refractivity contribution in [3.63, 3.8) is 0 Å². The second-order valence-corrected chi connectivity index (χ2v) is 4.22. The first-order chi connectivity index (χ1) is 8.90. The number of likely N-dealkylation sites (N-methyl/N-ethyl adjacent to an activating group) is 1. The lowest BCUT2D eigenvalue weighted by atomic mass is 10.1. The van der Waals surface area contributed by atoms with Crippen molar-refractivity contribution in [3.8, 4) is 6.07 Å². The molecule has 6 heteroatoms. The van der Waals surface area contributed by atoms with Crippen LogP contribution in [-0.4, -0.2) is 37.9 Å². The number of ether oxygens (including phenoxy) is 1. The molecule has 0 fully saturated rings. The van der Waals surface area contributed by atoms with Gasteiger partial charge in [-0.3, -0.25) is 4.90 Å². The molecule has 0 aliphatic heterocycles. The van der Waals surface area contributed by atoms with Gasteiger partial charge in [0.25, 0.3) is 0 Å². The quantitative estimate of drug-likeness (QED) is 0.747. The van der Waals surface area contributed by atoms with Crippen molar-refractivity contribution < 1.29 is 17.9 Å². The van der Waals surface area contributed by atoms with Crippen LogP contribution in [-0.2, 0) is 11.3 Å². The molecule has 0 aliphatic rings. The van der Waals surface area contributed by atoms with Gasteiger partial charge in [-0.15, -0.1) is 0 Å². The van der Waals surface area contributed by atoms with Crippen molar-refractivity contribution in [2.45, 2.75) is 12.7 Å². The Labute approximate surface area is 110 Å². The highest BCUT2D eigenvalue weighted by Gasteiger charge is 2.27. The molecule has 19 heavy (non-hydrogen) atoms. The van der Waals surface area contributed by atoms with Gasteiger partial charge in [-0.25, -0.2) is 0 Å². The van der Waals surface area contributed by atoms with E-state index in [0.29, 0.717) is 18.7 Å². The zero-order chi connectivity index (χ0) is 14.3. The molecule has 0 heterocycles. The molecule has 0 aliphatic carbocycles. The average molecular weight is 272 g/mol. The molecule has 1 aromatic rings. The molecule has 0 saturated heterocycles. The van der Waals surface area contributed by atoms with Gasteiger partial charge in [0.15, 0.2) is 0 Å². The van der Waals surface area contributed by atoms with Crippen molar-refractivity contribution in [1.29, 1.82) is 5.26 Å². The van der Waals surface area contributed by atoms with Crippen LogP contribution in [0.5, 0.6) is 0 Å². The average Bonchev–Trinajstić information content (AvgIpc) is 2.34. The molecule has 0 amide bonds. The first-order valence-corrected chi connectivity index (χ1v) is 5.73. The summed E-state index contributed by atoms with van der Waals surface area (Å²) < 4.78 is 40.1. The minimum atomic E-state index is -4.28. The Morgan fingerprint density at radius 2 is 2.11 bits per heavy atom. The Morgan fingerprint density at radius 1 is 1.37 bits per heavy atom. The fourth-order valence-electron chi connectivity index (χ4n) is 1.54. The van der Waals surface area contributed by atoms with E-state index < -0.39 is 12.8 Å². The molecule has 0 bridgehead atoms. The van der Waals surface area contributed by atoms with Gasteiger partial charge in [0.2, 0.25) is 0 Å². The van der Waals surface area contributed by atoms with Crippen molar-refractivity contribution in [1.82, 2.24) is 4.90 Å². The highest BCUT2D eigenvalue weighted by Crippen LogP contribution is 2.14. The predicted molar refractivity (Wildman–Crippen MR) is 64.4 cm³/mol. The molecule has 0 radical (unpaired) electrons. The maximum atomic E-state index is 11.8. The summed E-state index contributed by atoms with van der Waals surface area (Å²) in [4.78, 5) is 1.84. The van der Waals surface area contributed by atoms with Gasteiger partial charge in [-0.1, -0.05) is 12.1 Å². The van der Waals surface area contributed by atoms with Crippen LogP contribution in [0.4, 0.5) is 13.2 Å². The van der Waals surface area contributed by atoms with E-state index in [1.165, 1.54) is 0 Å². The first-order valence-electron chi connectivity index (χ1n) is 5.73. The fraction of sp³-hybridized carbons (Fsp3) is 0.462. The summed E-state index contributed by atoms with van der Waals surface area (Å²) in [7, 11) is 1.79. The largest absolute Gasteiger partial charge is 0.411 e. The molecule has 1 aromatic carbocycles. The summed E-state index contributed by atoms with van der Waals surface area (Å²) in [5.74, 6) is 0. The Balaban J connectivity index is 2.31. The van der Waals surface area contributed by atoms with Crippen molar-refractivity contribution in [2.24, 2.45) is 0 Å². The normalized spacial score (nSPS) is 11.6. The number of benzene rings is 1. The van der Waals surface area contributed by atoms with E-state index in [9.17, 15) is 13.2 Å². The summed E-state index contributed by atoms with van der Waals surface area (Å²) in [6, 6.07) is 9.15. The number of hydrogen-bond acceptors (Lipinski definition) is 3. The predicted octanol–water partition coefficient (Wildman–Crippen LogP) is 2.57. The van der Waals surface area contributed by atoms with E-state index in [2.05, 4.69) is 4.74 Å². The van der Waals surface area contributed by atoms with Crippen LogP contribution in [0.3, 0.4) is 0 Å². The summed E-state index contributed by atoms with van der Waals surface area (Å²) in [6.45, 7) is -0.240. The van der Waals surface area contributed by atoms with Gasteiger partial charge >= 0.3 is 6.18 Å². The molecule has 104 valence electrons. The van der Waals surface area contributed by atoms with Gasteiger partial charge < -0.3 is 4.74 Å². The van der Waals surface area contributed by atoms with E-state index in [0.717, 1.165) is 5.56 Å². The van der Waals surface area contributed by atoms with Crippen LogP contribution in [0.1, 0.15) is 11.1 Å². The lowest BCUT2D eigenvalue weighted by Gasteiger charge is -2.17. The van der Waals surface area contributed by atoms with Crippen molar-refractivity contribution in [2.75, 3.05) is 26.8 Å². The monoisotopic (exact) mass is 272 g/mol. The Morgan fingerprint density at radius 3 is 2.74 bits per heavy atom. The molecule has 0 saturated carbocycles. The second-order valence-electron chi connectivity index (χ2n) is 4.22. The Bertz CT molecular complexity index is 440. The van der Waals surface area contributed by atoms with Gasteiger partial charge in [0, 0.05) is 13.1 Å². The Hall–Kier alpha value is -1.58. The molecule has 3 nitrogen and oxygen atoms in total. The van der Waals surface area contributed by atoms with Gasteiger partial charge in [-0.2, -0.15) is 18.4 Å². The third-order valence-corrected chi connectivity index (χ3v) is 2.39. The van der Waals surface area contributed by atoms with Gasteiger partial charge in [0.1, 0.15) is 6.61 Å². The molecular formula is C13H15F3N2O. The lowest BCUT2D eigenvalue weighted by molar-refractivity contribution is -0.174. The minimum absolute atomic E-state index is 0.0218. The summed E-state index contributed by atoms with van der Waals surface area (Å²) in [5, 5.41) is 8.76. The van der Waals surface area contributed by atoms with Crippen molar-refractivity contribution in [3.05, 3.63) is 35.4 Å².